The molecule has 10 heteroatoms. The van der Waals surface area contributed by atoms with Crippen molar-refractivity contribution in [3.63, 3.8) is 0 Å². The van der Waals surface area contributed by atoms with E-state index in [4.69, 9.17) is 4.74 Å². The van der Waals surface area contributed by atoms with E-state index in [2.05, 4.69) is 15.3 Å². The van der Waals surface area contributed by atoms with Gasteiger partial charge in [0.1, 0.15) is 18.1 Å². The summed E-state index contributed by atoms with van der Waals surface area (Å²) < 4.78 is 7.48. The van der Waals surface area contributed by atoms with Crippen molar-refractivity contribution in [2.75, 3.05) is 13.1 Å². The predicted octanol–water partition coefficient (Wildman–Crippen LogP) is 3.43. The minimum Gasteiger partial charge on any atom is -0.493 e. The van der Waals surface area contributed by atoms with Crippen molar-refractivity contribution in [1.82, 2.24) is 24.8 Å². The van der Waals surface area contributed by atoms with Crippen molar-refractivity contribution in [2.45, 2.75) is 45.9 Å². The molecule has 1 saturated heterocycles. The Labute approximate surface area is 225 Å². The number of carbonyl (C=O) groups is 2. The highest BCUT2D eigenvalue weighted by atomic mass is 16.5. The molecule has 0 saturated carbocycles. The molecule has 2 amide bonds. The van der Waals surface area contributed by atoms with Crippen LogP contribution in [0.4, 0.5) is 0 Å². The molecule has 202 valence electrons. The maximum Gasteiger partial charge on any atom is 0.328 e. The number of hydrogen-bond donors (Lipinski definition) is 3. The molecule has 10 nitrogen and oxygen atoms in total. The zero-order valence-electron chi connectivity index (χ0n) is 21.9. The average molecular weight is 530 g/mol. The summed E-state index contributed by atoms with van der Waals surface area (Å²) in [5, 5.41) is 14.2. The second-order valence-corrected chi connectivity index (χ2v) is 9.77. The lowest BCUT2D eigenvalue weighted by Gasteiger charge is -2.32. The maximum absolute atomic E-state index is 12.8. The van der Waals surface area contributed by atoms with E-state index < -0.39 is 5.69 Å². The molecule has 1 fully saturated rings. The Morgan fingerprint density at radius 2 is 1.85 bits per heavy atom. The maximum atomic E-state index is 12.8. The van der Waals surface area contributed by atoms with E-state index in [1.807, 2.05) is 37.3 Å². The van der Waals surface area contributed by atoms with Gasteiger partial charge >= 0.3 is 5.69 Å². The molecular formula is C29H31N5O5. The number of imidazole rings is 1. The number of aromatic hydroxyl groups is 1. The third-order valence-electron chi connectivity index (χ3n) is 7.14. The summed E-state index contributed by atoms with van der Waals surface area (Å²) in [6, 6.07) is 16.6. The Morgan fingerprint density at radius 3 is 2.56 bits per heavy atom. The van der Waals surface area contributed by atoms with Crippen LogP contribution in [0.1, 0.15) is 53.1 Å². The molecule has 0 aliphatic carbocycles. The first kappa shape index (κ1) is 26.0. The number of carbonyl (C=O) groups excluding carboxylic acids is 2. The van der Waals surface area contributed by atoms with Crippen LogP contribution in [0.5, 0.6) is 11.6 Å². The van der Waals surface area contributed by atoms with E-state index >= 15 is 0 Å². The van der Waals surface area contributed by atoms with E-state index in [0.717, 1.165) is 22.2 Å². The zero-order chi connectivity index (χ0) is 27.5. The molecule has 1 aliphatic rings. The second kappa shape index (κ2) is 11.0. The zero-order valence-corrected chi connectivity index (χ0v) is 21.9. The van der Waals surface area contributed by atoms with Crippen LogP contribution in [0.15, 0.2) is 59.4 Å². The normalized spacial score (nSPS) is 13.9. The van der Waals surface area contributed by atoms with Crippen LogP contribution in [-0.2, 0) is 17.9 Å². The molecule has 39 heavy (non-hydrogen) atoms. The number of aromatic amines is 1. The Kier molecular flexibility index (Phi) is 7.36. The summed E-state index contributed by atoms with van der Waals surface area (Å²) in [6.45, 7) is 4.89. The lowest BCUT2D eigenvalue weighted by atomic mass is 10.0. The van der Waals surface area contributed by atoms with Gasteiger partial charge in [0.25, 0.3) is 5.91 Å². The molecule has 0 unspecified atom stereocenters. The molecule has 3 heterocycles. The molecule has 1 aliphatic heterocycles. The lowest BCUT2D eigenvalue weighted by Crippen LogP contribution is -2.40. The van der Waals surface area contributed by atoms with Gasteiger partial charge in [-0.2, -0.15) is 0 Å². The number of likely N-dealkylation sites (tertiary alicyclic amines) is 1. The third-order valence-corrected chi connectivity index (χ3v) is 7.14. The van der Waals surface area contributed by atoms with E-state index in [9.17, 15) is 19.5 Å². The number of ether oxygens (including phenoxy) is 1. The van der Waals surface area contributed by atoms with Crippen LogP contribution >= 0.6 is 0 Å². The van der Waals surface area contributed by atoms with E-state index in [1.54, 1.807) is 29.2 Å². The minimum atomic E-state index is -0.434. The standard InChI is InChI=1S/C29H31N5O5/c1-18-15-21(24-5-3-4-6-25(24)31-18)17-39-23-9-7-20(8-10-23)27(36)30-16-26-28(37)32-29(38)34(26)22-11-13-33(14-12-22)19(2)35/h3-10,15,22,37H,11-14,16-17H2,1-2H3,(H,30,36)(H,32,38). The number of H-pyrrole nitrogens is 1. The fraction of sp³-hybridized carbons (Fsp3) is 0.310. The number of para-hydroxylation sites is 1. The van der Waals surface area contributed by atoms with Crippen LogP contribution in [0.25, 0.3) is 10.9 Å². The van der Waals surface area contributed by atoms with Crippen molar-refractivity contribution in [3.05, 3.63) is 87.6 Å². The van der Waals surface area contributed by atoms with Crippen LogP contribution in [-0.4, -0.2) is 49.4 Å². The van der Waals surface area contributed by atoms with Crippen LogP contribution in [0.3, 0.4) is 0 Å². The van der Waals surface area contributed by atoms with Crippen LogP contribution in [0, 0.1) is 6.92 Å². The van der Waals surface area contributed by atoms with Crippen molar-refractivity contribution in [2.24, 2.45) is 0 Å². The van der Waals surface area contributed by atoms with Crippen molar-refractivity contribution < 1.29 is 19.4 Å². The quantitative estimate of drug-likeness (QED) is 0.336. The fourth-order valence-corrected chi connectivity index (χ4v) is 5.11. The molecule has 2 aromatic carbocycles. The largest absolute Gasteiger partial charge is 0.493 e. The fourth-order valence-electron chi connectivity index (χ4n) is 5.11. The average Bonchev–Trinajstić information content (AvgIpc) is 3.22. The number of hydrogen-bond acceptors (Lipinski definition) is 6. The number of nitrogens with zero attached hydrogens (tertiary/aromatic N) is 3. The minimum absolute atomic E-state index is 0.00239. The molecule has 2 aromatic heterocycles. The molecule has 3 N–H and O–H groups in total. The summed E-state index contributed by atoms with van der Waals surface area (Å²) in [6.07, 6.45) is 1.18. The highest BCUT2D eigenvalue weighted by Gasteiger charge is 2.27. The number of benzene rings is 2. The molecule has 0 spiro atoms. The van der Waals surface area contributed by atoms with Gasteiger partial charge in [-0.15, -0.1) is 0 Å². The van der Waals surface area contributed by atoms with E-state index in [0.29, 0.717) is 49.5 Å². The number of rotatable bonds is 7. The topological polar surface area (TPSA) is 130 Å². The number of pyridine rings is 1. The number of nitrogens with one attached hydrogen (secondary N) is 2. The molecular weight excluding hydrogens is 498 g/mol. The van der Waals surface area contributed by atoms with E-state index in [1.165, 1.54) is 11.5 Å². The number of piperidine rings is 1. The van der Waals surface area contributed by atoms with Gasteiger partial charge in [-0.1, -0.05) is 18.2 Å². The number of amides is 2. The SMILES string of the molecule is CC(=O)N1CCC(n2c(CNC(=O)c3ccc(OCc4cc(C)nc5ccccc45)cc3)c(O)[nH]c2=O)CC1. The van der Waals surface area contributed by atoms with Gasteiger partial charge in [0, 0.05) is 48.3 Å². The van der Waals surface area contributed by atoms with Gasteiger partial charge in [-0.05, 0) is 56.2 Å². The summed E-state index contributed by atoms with van der Waals surface area (Å²) in [7, 11) is 0. The monoisotopic (exact) mass is 529 g/mol. The summed E-state index contributed by atoms with van der Waals surface area (Å²) in [5.74, 6) is 0.0157. The number of aryl methyl sites for hydroxylation is 1. The van der Waals surface area contributed by atoms with Crippen molar-refractivity contribution in [1.29, 1.82) is 0 Å². The van der Waals surface area contributed by atoms with Gasteiger partial charge in [-0.3, -0.25) is 24.1 Å². The predicted molar refractivity (Wildman–Crippen MR) is 146 cm³/mol. The Morgan fingerprint density at radius 1 is 1.13 bits per heavy atom. The van der Waals surface area contributed by atoms with Gasteiger partial charge in [-0.25, -0.2) is 4.79 Å². The van der Waals surface area contributed by atoms with Crippen LogP contribution < -0.4 is 15.7 Å². The lowest BCUT2D eigenvalue weighted by molar-refractivity contribution is -0.130. The molecule has 5 rings (SSSR count). The second-order valence-electron chi connectivity index (χ2n) is 9.77. The smallest absolute Gasteiger partial charge is 0.328 e. The molecule has 0 atom stereocenters. The van der Waals surface area contributed by atoms with Gasteiger partial charge in [0.15, 0.2) is 0 Å². The van der Waals surface area contributed by atoms with Gasteiger partial charge < -0.3 is 20.1 Å². The summed E-state index contributed by atoms with van der Waals surface area (Å²) in [5.41, 5.74) is 3.17. The first-order valence-electron chi connectivity index (χ1n) is 12.9. The van der Waals surface area contributed by atoms with Crippen molar-refractivity contribution in [3.8, 4) is 11.6 Å². The Hall–Kier alpha value is -4.60. The third kappa shape index (κ3) is 5.64. The Balaban J connectivity index is 1.21. The highest BCUT2D eigenvalue weighted by molar-refractivity contribution is 5.94. The van der Waals surface area contributed by atoms with Gasteiger partial charge in [0.05, 0.1) is 12.1 Å². The molecule has 0 bridgehead atoms. The number of fused-ring (bicyclic) bond motifs is 1. The number of aromatic nitrogens is 3. The van der Waals surface area contributed by atoms with Crippen molar-refractivity contribution >= 4 is 22.7 Å². The Bertz CT molecular complexity index is 1570. The van der Waals surface area contributed by atoms with Gasteiger partial charge in [0.2, 0.25) is 11.8 Å². The first-order chi connectivity index (χ1) is 18.8. The van der Waals surface area contributed by atoms with E-state index in [-0.39, 0.29) is 30.3 Å². The first-order valence-corrected chi connectivity index (χ1v) is 12.9. The summed E-state index contributed by atoms with van der Waals surface area (Å²) in [4.78, 5) is 45.7. The summed E-state index contributed by atoms with van der Waals surface area (Å²) >= 11 is 0. The molecule has 4 aromatic rings. The van der Waals surface area contributed by atoms with Crippen LogP contribution in [0.2, 0.25) is 0 Å². The highest BCUT2D eigenvalue weighted by Crippen LogP contribution is 2.26. The molecule has 0 radical (unpaired) electrons.